The number of para-hydroxylation sites is 1. The minimum atomic E-state index is 0.230. The number of benzene rings is 1. The third-order valence-electron chi connectivity index (χ3n) is 4.92. The molecule has 1 unspecified atom stereocenters. The quantitative estimate of drug-likeness (QED) is 0.901. The highest BCUT2D eigenvalue weighted by Gasteiger charge is 2.40. The Balaban J connectivity index is 1.93. The van der Waals surface area contributed by atoms with E-state index in [9.17, 15) is 4.79 Å². The van der Waals surface area contributed by atoms with Crippen LogP contribution < -0.4 is 9.80 Å². The molecule has 0 aliphatic carbocycles. The highest BCUT2D eigenvalue weighted by atomic mass is 16.2. The molecule has 2 aliphatic rings. The third kappa shape index (κ3) is 2.75. The first-order chi connectivity index (χ1) is 10.2. The Morgan fingerprint density at radius 1 is 1.29 bits per heavy atom. The van der Waals surface area contributed by atoms with Gasteiger partial charge >= 0.3 is 0 Å². The SMILES string of the molecule is CCCC(=O)N(C1=C[C@H]2CC[C@@H](C1)[NH+]2C)c1ccccc1. The summed E-state index contributed by atoms with van der Waals surface area (Å²) in [7, 11) is 2.29. The number of fused-ring (bicyclic) bond motifs is 2. The molecule has 0 aromatic heterocycles. The minimum Gasteiger partial charge on any atom is -0.329 e. The summed E-state index contributed by atoms with van der Waals surface area (Å²) in [4.78, 5) is 16.2. The van der Waals surface area contributed by atoms with E-state index in [1.165, 1.54) is 18.5 Å². The molecule has 0 spiro atoms. The average molecular weight is 285 g/mol. The van der Waals surface area contributed by atoms with E-state index in [2.05, 4.69) is 20.0 Å². The van der Waals surface area contributed by atoms with Gasteiger partial charge in [-0.15, -0.1) is 0 Å². The number of amides is 1. The zero-order chi connectivity index (χ0) is 14.8. The van der Waals surface area contributed by atoms with Crippen LogP contribution in [0.4, 0.5) is 5.69 Å². The Morgan fingerprint density at radius 3 is 2.71 bits per heavy atom. The first-order valence-electron chi connectivity index (χ1n) is 8.12. The molecular formula is C18H25N2O+. The van der Waals surface area contributed by atoms with Gasteiger partial charge in [0.1, 0.15) is 6.04 Å². The number of carbonyl (C=O) groups is 1. The molecule has 0 radical (unpaired) electrons. The van der Waals surface area contributed by atoms with E-state index in [1.54, 1.807) is 4.90 Å². The lowest BCUT2D eigenvalue weighted by Crippen LogP contribution is -3.14. The van der Waals surface area contributed by atoms with Crippen molar-refractivity contribution in [3.05, 3.63) is 42.1 Å². The number of hydrogen-bond acceptors (Lipinski definition) is 1. The molecule has 1 fully saturated rings. The van der Waals surface area contributed by atoms with Crippen molar-refractivity contribution in [2.75, 3.05) is 11.9 Å². The fraction of sp³-hybridized carbons (Fsp3) is 0.500. The van der Waals surface area contributed by atoms with Gasteiger partial charge in [-0.3, -0.25) is 9.69 Å². The summed E-state index contributed by atoms with van der Waals surface area (Å²) >= 11 is 0. The average Bonchev–Trinajstić information content (AvgIpc) is 2.71. The second kappa shape index (κ2) is 6.02. The van der Waals surface area contributed by atoms with Crippen LogP contribution in [0.15, 0.2) is 42.1 Å². The van der Waals surface area contributed by atoms with Gasteiger partial charge in [-0.2, -0.15) is 0 Å². The molecule has 1 aromatic rings. The van der Waals surface area contributed by atoms with Crippen molar-refractivity contribution in [3.63, 3.8) is 0 Å². The van der Waals surface area contributed by atoms with Gasteiger partial charge in [-0.25, -0.2) is 0 Å². The zero-order valence-corrected chi connectivity index (χ0v) is 13.0. The third-order valence-corrected chi connectivity index (χ3v) is 4.92. The van der Waals surface area contributed by atoms with Crippen molar-refractivity contribution in [2.24, 2.45) is 0 Å². The van der Waals surface area contributed by atoms with Crippen LogP contribution in [0.25, 0.3) is 0 Å². The number of carbonyl (C=O) groups excluding carboxylic acids is 1. The molecule has 2 bridgehead atoms. The van der Waals surface area contributed by atoms with E-state index in [0.717, 1.165) is 18.5 Å². The molecule has 21 heavy (non-hydrogen) atoms. The molecular weight excluding hydrogens is 260 g/mol. The number of likely N-dealkylation sites (N-methyl/N-ethyl adjacent to an activating group) is 1. The summed E-state index contributed by atoms with van der Waals surface area (Å²) in [5, 5.41) is 0. The van der Waals surface area contributed by atoms with Gasteiger partial charge in [0.25, 0.3) is 0 Å². The van der Waals surface area contributed by atoms with Crippen molar-refractivity contribution < 1.29 is 9.69 Å². The normalized spacial score (nSPS) is 27.3. The molecule has 112 valence electrons. The lowest BCUT2D eigenvalue weighted by atomic mass is 10.0. The van der Waals surface area contributed by atoms with Gasteiger partial charge in [0, 0.05) is 37.1 Å². The van der Waals surface area contributed by atoms with E-state index >= 15 is 0 Å². The number of nitrogens with one attached hydrogen (secondary N) is 1. The molecule has 2 heterocycles. The number of hydrogen-bond donors (Lipinski definition) is 1. The van der Waals surface area contributed by atoms with Crippen LogP contribution in [0.3, 0.4) is 0 Å². The summed E-state index contributed by atoms with van der Waals surface area (Å²) in [5.41, 5.74) is 2.24. The van der Waals surface area contributed by atoms with E-state index in [-0.39, 0.29) is 5.91 Å². The molecule has 1 amide bonds. The molecule has 3 nitrogen and oxygen atoms in total. The van der Waals surface area contributed by atoms with Gasteiger partial charge in [0.05, 0.1) is 13.1 Å². The highest BCUT2D eigenvalue weighted by molar-refractivity contribution is 5.96. The topological polar surface area (TPSA) is 24.8 Å². The molecule has 1 aromatic carbocycles. The van der Waals surface area contributed by atoms with Crippen molar-refractivity contribution in [3.8, 4) is 0 Å². The fourth-order valence-corrected chi connectivity index (χ4v) is 3.71. The van der Waals surface area contributed by atoms with Gasteiger partial charge in [-0.05, 0) is 24.6 Å². The standard InChI is InChI=1S/C18H24N2O/c1-3-7-18(21)20(14-8-5-4-6-9-14)17-12-15-10-11-16(13-17)19(15)2/h4-6,8-9,12,15-16H,3,7,10-11,13H2,1-2H3/p+1/t15-,16+/m1/s1. The van der Waals surface area contributed by atoms with Gasteiger partial charge in [-0.1, -0.05) is 25.1 Å². The van der Waals surface area contributed by atoms with Gasteiger partial charge in [0.2, 0.25) is 5.91 Å². The minimum absolute atomic E-state index is 0.230. The zero-order valence-electron chi connectivity index (χ0n) is 13.0. The Bertz CT molecular complexity index is 537. The Hall–Kier alpha value is -1.61. The van der Waals surface area contributed by atoms with Gasteiger partial charge in [0.15, 0.2) is 0 Å². The molecule has 3 atom stereocenters. The van der Waals surface area contributed by atoms with E-state index in [0.29, 0.717) is 18.5 Å². The molecule has 2 aliphatic heterocycles. The Kier molecular flexibility index (Phi) is 4.11. The van der Waals surface area contributed by atoms with Crippen LogP contribution in [0.2, 0.25) is 0 Å². The summed E-state index contributed by atoms with van der Waals surface area (Å²) in [5.74, 6) is 0.230. The maximum absolute atomic E-state index is 12.6. The fourth-order valence-electron chi connectivity index (χ4n) is 3.71. The molecule has 1 N–H and O–H groups in total. The van der Waals surface area contributed by atoms with Crippen molar-refractivity contribution in [1.29, 1.82) is 0 Å². The Labute approximate surface area is 127 Å². The van der Waals surface area contributed by atoms with Crippen LogP contribution in [-0.4, -0.2) is 25.0 Å². The number of nitrogens with zero attached hydrogens (tertiary/aromatic N) is 1. The molecule has 0 saturated carbocycles. The van der Waals surface area contributed by atoms with E-state index in [4.69, 9.17) is 0 Å². The van der Waals surface area contributed by atoms with Crippen molar-refractivity contribution in [1.82, 2.24) is 0 Å². The van der Waals surface area contributed by atoms with Crippen molar-refractivity contribution in [2.45, 2.75) is 51.1 Å². The lowest BCUT2D eigenvalue weighted by molar-refractivity contribution is -0.911. The summed E-state index contributed by atoms with van der Waals surface area (Å²) < 4.78 is 0. The molecule has 3 rings (SSSR count). The predicted octanol–water partition coefficient (Wildman–Crippen LogP) is 2.15. The summed E-state index contributed by atoms with van der Waals surface area (Å²) in [6, 6.07) is 11.4. The molecule has 1 saturated heterocycles. The largest absolute Gasteiger partial charge is 0.329 e. The second-order valence-corrected chi connectivity index (χ2v) is 6.30. The van der Waals surface area contributed by atoms with Crippen LogP contribution in [0, 0.1) is 0 Å². The summed E-state index contributed by atoms with van der Waals surface area (Å²) in [6.45, 7) is 2.07. The first-order valence-corrected chi connectivity index (χ1v) is 8.12. The Morgan fingerprint density at radius 2 is 2.05 bits per heavy atom. The summed E-state index contributed by atoms with van der Waals surface area (Å²) in [6.07, 6.45) is 7.41. The maximum Gasteiger partial charge on any atom is 0.231 e. The number of anilines is 1. The number of rotatable bonds is 4. The highest BCUT2D eigenvalue weighted by Crippen LogP contribution is 2.29. The van der Waals surface area contributed by atoms with Crippen LogP contribution in [0.1, 0.15) is 39.0 Å². The van der Waals surface area contributed by atoms with E-state index in [1.807, 2.05) is 35.2 Å². The number of quaternary nitrogens is 1. The second-order valence-electron chi connectivity index (χ2n) is 6.30. The smallest absolute Gasteiger partial charge is 0.231 e. The van der Waals surface area contributed by atoms with Crippen LogP contribution in [-0.2, 0) is 4.79 Å². The van der Waals surface area contributed by atoms with Crippen LogP contribution in [0.5, 0.6) is 0 Å². The van der Waals surface area contributed by atoms with Crippen LogP contribution >= 0.6 is 0 Å². The van der Waals surface area contributed by atoms with Crippen molar-refractivity contribution >= 4 is 11.6 Å². The van der Waals surface area contributed by atoms with Gasteiger partial charge < -0.3 is 4.90 Å². The predicted molar refractivity (Wildman–Crippen MR) is 85.2 cm³/mol. The first kappa shape index (κ1) is 14.3. The van der Waals surface area contributed by atoms with E-state index < -0.39 is 0 Å². The maximum atomic E-state index is 12.6. The monoisotopic (exact) mass is 285 g/mol. The molecule has 3 heteroatoms. The lowest BCUT2D eigenvalue weighted by Gasteiger charge is -2.33.